The number of nitrogens with one attached hydrogen (secondary N) is 1. The van der Waals surface area contributed by atoms with Crippen molar-refractivity contribution in [3.05, 3.63) is 54.1 Å². The molecule has 5 nitrogen and oxygen atoms in total. The van der Waals surface area contributed by atoms with E-state index in [1.807, 2.05) is 24.3 Å². The van der Waals surface area contributed by atoms with Gasteiger partial charge in [-0.25, -0.2) is 0 Å². The standard InChI is InChI=1S/C19H21F2N3O2/c1-23-9-11-24(12-10-23)17-8-3-2-7-16(17)22-18(25)14-5-4-6-15(13-14)26-19(20)21/h2-8,13,19H,9-12H2,1H3,(H,22,25). The Labute approximate surface area is 151 Å². The lowest BCUT2D eigenvalue weighted by Crippen LogP contribution is -2.44. The molecule has 2 aromatic carbocycles. The van der Waals surface area contributed by atoms with Gasteiger partial charge in [0.15, 0.2) is 0 Å². The molecule has 0 bridgehead atoms. The summed E-state index contributed by atoms with van der Waals surface area (Å²) in [4.78, 5) is 17.0. The second kappa shape index (κ2) is 8.14. The quantitative estimate of drug-likeness (QED) is 0.888. The molecule has 7 heteroatoms. The van der Waals surface area contributed by atoms with Crippen molar-refractivity contribution in [3.63, 3.8) is 0 Å². The first kappa shape index (κ1) is 18.1. The van der Waals surface area contributed by atoms with Crippen LogP contribution in [0.5, 0.6) is 5.75 Å². The van der Waals surface area contributed by atoms with Crippen LogP contribution in [0.2, 0.25) is 0 Å². The number of halogens is 2. The summed E-state index contributed by atoms with van der Waals surface area (Å²) in [5.74, 6) is -0.411. The van der Waals surface area contributed by atoms with E-state index in [4.69, 9.17) is 0 Å². The average Bonchev–Trinajstić information content (AvgIpc) is 2.63. The molecular formula is C19H21F2N3O2. The SMILES string of the molecule is CN1CCN(c2ccccc2NC(=O)c2cccc(OC(F)F)c2)CC1. The molecule has 0 spiro atoms. The maximum Gasteiger partial charge on any atom is 0.387 e. The van der Waals surface area contributed by atoms with Crippen LogP contribution >= 0.6 is 0 Å². The zero-order valence-electron chi connectivity index (χ0n) is 14.5. The van der Waals surface area contributed by atoms with E-state index in [0.29, 0.717) is 5.69 Å². The number of benzene rings is 2. The van der Waals surface area contributed by atoms with E-state index in [0.717, 1.165) is 31.9 Å². The maximum atomic E-state index is 12.6. The van der Waals surface area contributed by atoms with Gasteiger partial charge in [-0.15, -0.1) is 0 Å². The molecule has 0 atom stereocenters. The highest BCUT2D eigenvalue weighted by Gasteiger charge is 2.18. The fourth-order valence-electron chi connectivity index (χ4n) is 2.91. The molecule has 3 rings (SSSR count). The Morgan fingerprint density at radius 3 is 2.54 bits per heavy atom. The molecule has 1 N–H and O–H groups in total. The minimum Gasteiger partial charge on any atom is -0.435 e. The van der Waals surface area contributed by atoms with E-state index in [1.165, 1.54) is 18.2 Å². The minimum atomic E-state index is -2.92. The summed E-state index contributed by atoms with van der Waals surface area (Å²) in [5, 5.41) is 2.88. The number of carbonyl (C=O) groups is 1. The molecule has 1 fully saturated rings. The molecule has 0 saturated carbocycles. The Bertz CT molecular complexity index is 762. The van der Waals surface area contributed by atoms with Gasteiger partial charge in [-0.2, -0.15) is 8.78 Å². The Kier molecular flexibility index (Phi) is 5.68. The molecule has 1 aliphatic heterocycles. The topological polar surface area (TPSA) is 44.8 Å². The number of hydrogen-bond acceptors (Lipinski definition) is 4. The number of anilines is 2. The molecular weight excluding hydrogens is 340 g/mol. The van der Waals surface area contributed by atoms with Crippen LogP contribution in [0.3, 0.4) is 0 Å². The van der Waals surface area contributed by atoms with Crippen molar-refractivity contribution in [1.29, 1.82) is 0 Å². The first-order valence-electron chi connectivity index (χ1n) is 8.41. The van der Waals surface area contributed by atoms with Crippen molar-refractivity contribution in [2.24, 2.45) is 0 Å². The lowest BCUT2D eigenvalue weighted by atomic mass is 10.1. The van der Waals surface area contributed by atoms with Gasteiger partial charge in [0.25, 0.3) is 5.91 Å². The van der Waals surface area contributed by atoms with Crippen LogP contribution in [-0.2, 0) is 0 Å². The van der Waals surface area contributed by atoms with Gasteiger partial charge in [-0.05, 0) is 37.4 Å². The first-order valence-corrected chi connectivity index (χ1v) is 8.41. The number of likely N-dealkylation sites (N-methyl/N-ethyl adjacent to an activating group) is 1. The van der Waals surface area contributed by atoms with Gasteiger partial charge < -0.3 is 19.9 Å². The van der Waals surface area contributed by atoms with Gasteiger partial charge in [0.2, 0.25) is 0 Å². The lowest BCUT2D eigenvalue weighted by Gasteiger charge is -2.35. The average molecular weight is 361 g/mol. The Morgan fingerprint density at radius 2 is 1.81 bits per heavy atom. The summed E-state index contributed by atoms with van der Waals surface area (Å²) in [7, 11) is 2.08. The Hall–Kier alpha value is -2.67. The molecule has 0 aliphatic carbocycles. The van der Waals surface area contributed by atoms with Crippen LogP contribution < -0.4 is 15.0 Å². The fourth-order valence-corrected chi connectivity index (χ4v) is 2.91. The molecule has 0 radical (unpaired) electrons. The van der Waals surface area contributed by atoms with Gasteiger partial charge in [0.1, 0.15) is 5.75 Å². The number of nitrogens with zero attached hydrogens (tertiary/aromatic N) is 2. The predicted molar refractivity (Wildman–Crippen MR) is 97.2 cm³/mol. The van der Waals surface area contributed by atoms with Crippen LogP contribution in [-0.4, -0.2) is 50.6 Å². The van der Waals surface area contributed by atoms with E-state index in [2.05, 4.69) is 26.9 Å². The number of hydrogen-bond donors (Lipinski definition) is 1. The van der Waals surface area contributed by atoms with Crippen molar-refractivity contribution in [1.82, 2.24) is 4.90 Å². The van der Waals surface area contributed by atoms with Crippen LogP contribution in [0, 0.1) is 0 Å². The number of amides is 1. The molecule has 1 amide bonds. The van der Waals surface area contributed by atoms with Gasteiger partial charge >= 0.3 is 6.61 Å². The minimum absolute atomic E-state index is 0.0417. The van der Waals surface area contributed by atoms with Crippen LogP contribution in [0.1, 0.15) is 10.4 Å². The van der Waals surface area contributed by atoms with Crippen LogP contribution in [0.15, 0.2) is 48.5 Å². The van der Waals surface area contributed by atoms with Gasteiger partial charge in [-0.3, -0.25) is 4.79 Å². The van der Waals surface area contributed by atoms with E-state index in [9.17, 15) is 13.6 Å². The number of ether oxygens (including phenoxy) is 1. The van der Waals surface area contributed by atoms with E-state index < -0.39 is 6.61 Å². The third-order valence-electron chi connectivity index (χ3n) is 4.32. The number of alkyl halides is 2. The highest BCUT2D eigenvalue weighted by molar-refractivity contribution is 6.06. The third kappa shape index (κ3) is 4.49. The van der Waals surface area contributed by atoms with Crippen molar-refractivity contribution < 1.29 is 18.3 Å². The van der Waals surface area contributed by atoms with Crippen LogP contribution in [0.4, 0.5) is 20.2 Å². The molecule has 1 heterocycles. The van der Waals surface area contributed by atoms with Gasteiger partial charge in [-0.1, -0.05) is 18.2 Å². The largest absolute Gasteiger partial charge is 0.435 e. The molecule has 1 saturated heterocycles. The van der Waals surface area contributed by atoms with Crippen molar-refractivity contribution >= 4 is 17.3 Å². The van der Waals surface area contributed by atoms with Crippen LogP contribution in [0.25, 0.3) is 0 Å². The summed E-state index contributed by atoms with van der Waals surface area (Å²) in [6.07, 6.45) is 0. The Morgan fingerprint density at radius 1 is 1.08 bits per heavy atom. The molecule has 2 aromatic rings. The number of carbonyl (C=O) groups excluding carboxylic acids is 1. The zero-order valence-corrected chi connectivity index (χ0v) is 14.5. The normalized spacial score (nSPS) is 15.2. The zero-order chi connectivity index (χ0) is 18.5. The molecule has 26 heavy (non-hydrogen) atoms. The molecule has 0 unspecified atom stereocenters. The fraction of sp³-hybridized carbons (Fsp3) is 0.316. The third-order valence-corrected chi connectivity index (χ3v) is 4.32. The van der Waals surface area contributed by atoms with E-state index in [-0.39, 0.29) is 17.2 Å². The van der Waals surface area contributed by atoms with Crippen molar-refractivity contribution in [2.45, 2.75) is 6.61 Å². The van der Waals surface area contributed by atoms with E-state index in [1.54, 1.807) is 6.07 Å². The second-order valence-electron chi connectivity index (χ2n) is 6.17. The maximum absolute atomic E-state index is 12.6. The van der Waals surface area contributed by atoms with Gasteiger partial charge in [0, 0.05) is 31.7 Å². The van der Waals surface area contributed by atoms with Crippen molar-refractivity contribution in [3.8, 4) is 5.75 Å². The predicted octanol–water partition coefficient (Wildman–Crippen LogP) is 3.29. The summed E-state index contributed by atoms with van der Waals surface area (Å²) in [5.41, 5.74) is 1.91. The number of piperazine rings is 1. The monoisotopic (exact) mass is 361 g/mol. The van der Waals surface area contributed by atoms with Crippen molar-refractivity contribution in [2.75, 3.05) is 43.4 Å². The molecule has 0 aromatic heterocycles. The summed E-state index contributed by atoms with van der Waals surface area (Å²) in [6, 6.07) is 13.4. The number of rotatable bonds is 5. The number of para-hydroxylation sites is 2. The smallest absolute Gasteiger partial charge is 0.387 e. The highest BCUT2D eigenvalue weighted by atomic mass is 19.3. The highest BCUT2D eigenvalue weighted by Crippen LogP contribution is 2.27. The lowest BCUT2D eigenvalue weighted by molar-refractivity contribution is -0.0498. The van der Waals surface area contributed by atoms with Gasteiger partial charge in [0.05, 0.1) is 11.4 Å². The molecule has 138 valence electrons. The Balaban J connectivity index is 1.76. The summed E-state index contributed by atoms with van der Waals surface area (Å²) in [6.45, 7) is 0.735. The summed E-state index contributed by atoms with van der Waals surface area (Å²) >= 11 is 0. The second-order valence-corrected chi connectivity index (χ2v) is 6.17. The van der Waals surface area contributed by atoms with E-state index >= 15 is 0 Å². The molecule has 1 aliphatic rings. The first-order chi connectivity index (χ1) is 12.5. The summed E-state index contributed by atoms with van der Waals surface area (Å²) < 4.78 is 29.1.